The molecule has 5 nitrogen and oxygen atoms in total. The molecule has 1 amide bonds. The van der Waals surface area contributed by atoms with Gasteiger partial charge in [0.05, 0.1) is 24.8 Å². The molecule has 0 radical (unpaired) electrons. The van der Waals surface area contributed by atoms with Gasteiger partial charge in [0.1, 0.15) is 11.1 Å². The van der Waals surface area contributed by atoms with Crippen LogP contribution in [0, 0.1) is 0 Å². The maximum Gasteiger partial charge on any atom is 0.242 e. The number of ether oxygens (including phenoxy) is 1. The Morgan fingerprint density at radius 2 is 2.00 bits per heavy atom. The SMILES string of the molecule is CCC(Cl)C(=O)Nc1cccc(C(=O)CC2=NC(C)(C)Cc3ccc(OC)cc32)c1. The van der Waals surface area contributed by atoms with E-state index in [0.29, 0.717) is 17.7 Å². The molecule has 2 aromatic rings. The Hall–Kier alpha value is -2.66. The molecule has 158 valence electrons. The minimum absolute atomic E-state index is 0.0609. The number of Topliss-reactive ketones (excluding diaryl/α,β-unsaturated/α-hetero) is 1. The molecule has 0 bridgehead atoms. The van der Waals surface area contributed by atoms with Crippen LogP contribution in [-0.2, 0) is 11.2 Å². The topological polar surface area (TPSA) is 67.8 Å². The molecular formula is C24H27ClN2O3. The van der Waals surface area contributed by atoms with Gasteiger partial charge in [0.2, 0.25) is 5.91 Å². The number of nitrogens with one attached hydrogen (secondary N) is 1. The van der Waals surface area contributed by atoms with E-state index in [1.807, 2.05) is 25.1 Å². The highest BCUT2D eigenvalue weighted by Crippen LogP contribution is 2.31. The molecule has 1 aliphatic heterocycles. The molecule has 1 heterocycles. The Labute approximate surface area is 182 Å². The third kappa shape index (κ3) is 5.08. The fourth-order valence-corrected chi connectivity index (χ4v) is 3.66. The first-order valence-electron chi connectivity index (χ1n) is 10.1. The number of carbonyl (C=O) groups is 2. The molecule has 1 aliphatic rings. The number of rotatable bonds is 7. The first kappa shape index (κ1) is 22.0. The average molecular weight is 427 g/mol. The van der Waals surface area contributed by atoms with E-state index in [2.05, 4.69) is 19.2 Å². The van der Waals surface area contributed by atoms with Crippen LogP contribution in [0.2, 0.25) is 0 Å². The number of methoxy groups -OCH3 is 1. The van der Waals surface area contributed by atoms with Crippen LogP contribution in [-0.4, -0.2) is 35.4 Å². The highest BCUT2D eigenvalue weighted by Gasteiger charge is 2.28. The number of benzene rings is 2. The molecule has 30 heavy (non-hydrogen) atoms. The minimum Gasteiger partial charge on any atom is -0.497 e. The van der Waals surface area contributed by atoms with Crippen LogP contribution in [0.25, 0.3) is 0 Å². The zero-order valence-corrected chi connectivity index (χ0v) is 18.5. The van der Waals surface area contributed by atoms with E-state index < -0.39 is 5.38 Å². The average Bonchev–Trinajstić information content (AvgIpc) is 2.72. The summed E-state index contributed by atoms with van der Waals surface area (Å²) < 4.78 is 5.36. The molecule has 0 fully saturated rings. The number of aliphatic imine (C=N–C) groups is 1. The second kappa shape index (κ2) is 9.00. The maximum atomic E-state index is 13.1. The molecule has 0 aliphatic carbocycles. The van der Waals surface area contributed by atoms with Gasteiger partial charge in [-0.2, -0.15) is 0 Å². The Morgan fingerprint density at radius 1 is 1.23 bits per heavy atom. The second-order valence-electron chi connectivity index (χ2n) is 8.12. The number of hydrogen-bond acceptors (Lipinski definition) is 4. The lowest BCUT2D eigenvalue weighted by Gasteiger charge is -2.29. The van der Waals surface area contributed by atoms with Gasteiger partial charge in [-0.3, -0.25) is 14.6 Å². The number of fused-ring (bicyclic) bond motifs is 1. The predicted octanol–water partition coefficient (Wildman–Crippen LogP) is 5.05. The first-order chi connectivity index (χ1) is 14.2. The number of halogens is 1. The molecule has 0 aromatic heterocycles. The van der Waals surface area contributed by atoms with Crippen LogP contribution < -0.4 is 10.1 Å². The monoisotopic (exact) mass is 426 g/mol. The first-order valence-corrected chi connectivity index (χ1v) is 10.5. The van der Waals surface area contributed by atoms with Gasteiger partial charge in [-0.25, -0.2) is 0 Å². The Balaban J connectivity index is 1.84. The zero-order valence-electron chi connectivity index (χ0n) is 17.8. The highest BCUT2D eigenvalue weighted by atomic mass is 35.5. The predicted molar refractivity (Wildman–Crippen MR) is 121 cm³/mol. The van der Waals surface area contributed by atoms with Gasteiger partial charge in [0.25, 0.3) is 0 Å². The minimum atomic E-state index is -0.602. The lowest BCUT2D eigenvalue weighted by molar-refractivity contribution is -0.115. The Bertz CT molecular complexity index is 998. The van der Waals surface area contributed by atoms with Crippen LogP contribution in [0.1, 0.15) is 55.1 Å². The van der Waals surface area contributed by atoms with E-state index in [4.69, 9.17) is 21.3 Å². The van der Waals surface area contributed by atoms with Crippen molar-refractivity contribution in [3.05, 3.63) is 59.2 Å². The fourth-order valence-electron chi connectivity index (χ4n) is 3.60. The highest BCUT2D eigenvalue weighted by molar-refractivity contribution is 6.32. The fraction of sp³-hybridized carbons (Fsp3) is 0.375. The largest absolute Gasteiger partial charge is 0.497 e. The summed E-state index contributed by atoms with van der Waals surface area (Å²) >= 11 is 5.99. The summed E-state index contributed by atoms with van der Waals surface area (Å²) in [5, 5.41) is 2.16. The van der Waals surface area contributed by atoms with Crippen molar-refractivity contribution in [2.45, 2.75) is 50.9 Å². The van der Waals surface area contributed by atoms with Gasteiger partial charge in [0, 0.05) is 16.8 Å². The molecule has 0 spiro atoms. The lowest BCUT2D eigenvalue weighted by atomic mass is 9.85. The molecule has 0 saturated heterocycles. The number of alkyl halides is 1. The van der Waals surface area contributed by atoms with E-state index in [1.165, 1.54) is 0 Å². The molecule has 1 N–H and O–H groups in total. The van der Waals surface area contributed by atoms with Crippen molar-refractivity contribution in [3.63, 3.8) is 0 Å². The van der Waals surface area contributed by atoms with Crippen molar-refractivity contribution >= 4 is 34.7 Å². The van der Waals surface area contributed by atoms with E-state index in [9.17, 15) is 9.59 Å². The van der Waals surface area contributed by atoms with Crippen molar-refractivity contribution in [1.82, 2.24) is 0 Å². The van der Waals surface area contributed by atoms with Gasteiger partial charge >= 0.3 is 0 Å². The van der Waals surface area contributed by atoms with Gasteiger partial charge < -0.3 is 10.1 Å². The molecule has 2 aromatic carbocycles. The maximum absolute atomic E-state index is 13.1. The van der Waals surface area contributed by atoms with Crippen LogP contribution in [0.15, 0.2) is 47.5 Å². The number of anilines is 1. The van der Waals surface area contributed by atoms with E-state index in [0.717, 1.165) is 29.0 Å². The summed E-state index contributed by atoms with van der Waals surface area (Å²) in [6.45, 7) is 5.98. The van der Waals surface area contributed by atoms with Gasteiger partial charge in [-0.15, -0.1) is 11.6 Å². The lowest BCUT2D eigenvalue weighted by Crippen LogP contribution is -2.30. The number of ketones is 1. The molecule has 6 heteroatoms. The van der Waals surface area contributed by atoms with Crippen molar-refractivity contribution in [2.24, 2.45) is 4.99 Å². The summed E-state index contributed by atoms with van der Waals surface area (Å²) in [5.41, 5.74) is 3.67. The number of amides is 1. The molecule has 1 atom stereocenters. The third-order valence-corrected chi connectivity index (χ3v) is 5.62. The third-order valence-electron chi connectivity index (χ3n) is 5.11. The van der Waals surface area contributed by atoms with Crippen molar-refractivity contribution in [2.75, 3.05) is 12.4 Å². The van der Waals surface area contributed by atoms with Crippen LogP contribution in [0.4, 0.5) is 5.69 Å². The van der Waals surface area contributed by atoms with Crippen LogP contribution in [0.3, 0.4) is 0 Å². The molecule has 1 unspecified atom stereocenters. The Morgan fingerprint density at radius 3 is 2.70 bits per heavy atom. The number of nitrogens with zero attached hydrogens (tertiary/aromatic N) is 1. The quantitative estimate of drug-likeness (QED) is 0.497. The summed E-state index contributed by atoms with van der Waals surface area (Å²) in [5.74, 6) is 0.405. The standard InChI is InChI=1S/C24H27ClN2O3/c1-5-20(25)23(29)26-17-8-6-7-15(11-17)22(28)13-21-19-12-18(30-4)10-9-16(19)14-24(2,3)27-21/h6-12,20H,5,13-14H2,1-4H3,(H,26,29). The van der Waals surface area contributed by atoms with Crippen LogP contribution in [0.5, 0.6) is 5.75 Å². The van der Waals surface area contributed by atoms with Gasteiger partial charge in [0.15, 0.2) is 5.78 Å². The normalized spacial score (nSPS) is 15.6. The molecular weight excluding hydrogens is 400 g/mol. The molecule has 3 rings (SSSR count). The summed E-state index contributed by atoms with van der Waals surface area (Å²) in [4.78, 5) is 30.0. The summed E-state index contributed by atoms with van der Waals surface area (Å²) in [7, 11) is 1.63. The van der Waals surface area contributed by atoms with Gasteiger partial charge in [-0.1, -0.05) is 25.1 Å². The Kier molecular flexibility index (Phi) is 6.61. The number of hydrogen-bond donors (Lipinski definition) is 1. The van der Waals surface area contributed by atoms with Crippen LogP contribution >= 0.6 is 11.6 Å². The second-order valence-corrected chi connectivity index (χ2v) is 8.64. The van der Waals surface area contributed by atoms with Crippen molar-refractivity contribution in [1.29, 1.82) is 0 Å². The summed E-state index contributed by atoms with van der Waals surface area (Å²) in [6.07, 6.45) is 1.52. The van der Waals surface area contributed by atoms with E-state index in [1.54, 1.807) is 31.4 Å². The summed E-state index contributed by atoms with van der Waals surface area (Å²) in [6, 6.07) is 12.8. The molecule has 0 saturated carbocycles. The number of carbonyl (C=O) groups excluding carboxylic acids is 2. The van der Waals surface area contributed by atoms with Crippen molar-refractivity contribution in [3.8, 4) is 5.75 Å². The van der Waals surface area contributed by atoms with E-state index in [-0.39, 0.29) is 23.7 Å². The van der Waals surface area contributed by atoms with Gasteiger partial charge in [-0.05, 0) is 56.5 Å². The van der Waals surface area contributed by atoms with E-state index >= 15 is 0 Å². The smallest absolute Gasteiger partial charge is 0.242 e. The zero-order chi connectivity index (χ0) is 21.9. The van der Waals surface area contributed by atoms with Crippen molar-refractivity contribution < 1.29 is 14.3 Å².